The number of hydrogen-bond acceptors (Lipinski definition) is 2. The second kappa shape index (κ2) is 6.60. The highest BCUT2D eigenvalue weighted by molar-refractivity contribution is 6.30. The van der Waals surface area contributed by atoms with E-state index >= 15 is 0 Å². The molecule has 1 aliphatic heterocycles. The summed E-state index contributed by atoms with van der Waals surface area (Å²) in [6, 6.07) is 3.28. The number of halogens is 4. The van der Waals surface area contributed by atoms with Crippen molar-refractivity contribution in [2.75, 3.05) is 13.1 Å². The van der Waals surface area contributed by atoms with Crippen molar-refractivity contribution < 1.29 is 4.39 Å². The van der Waals surface area contributed by atoms with E-state index in [1.54, 1.807) is 18.3 Å². The van der Waals surface area contributed by atoms with Gasteiger partial charge in [-0.1, -0.05) is 11.6 Å². The van der Waals surface area contributed by atoms with Crippen molar-refractivity contribution in [3.8, 4) is 0 Å². The molecule has 1 N–H and O–H groups in total. The number of aromatic nitrogens is 1. The Bertz CT molecular complexity index is 330. The molecule has 92 valence electrons. The highest BCUT2D eigenvalue weighted by Gasteiger charge is 2.34. The van der Waals surface area contributed by atoms with Crippen LogP contribution < -0.4 is 5.32 Å². The van der Waals surface area contributed by atoms with E-state index in [-0.39, 0.29) is 24.8 Å². The summed E-state index contributed by atoms with van der Waals surface area (Å²) in [4.78, 5) is 4.05. The van der Waals surface area contributed by atoms with Crippen LogP contribution in [0.1, 0.15) is 18.5 Å². The molecule has 0 spiro atoms. The Balaban J connectivity index is 0.00000112. The Kier molecular flexibility index (Phi) is 6.56. The van der Waals surface area contributed by atoms with Crippen LogP contribution >= 0.6 is 36.4 Å². The average Bonchev–Trinajstić information content (AvgIpc) is 2.19. The normalized spacial score (nSPS) is 18.1. The molecule has 1 aliphatic rings. The number of alkyl halides is 1. The standard InChI is InChI=1S/C10H12ClFN2.2ClH/c11-8-1-4-14-9(7-8)10(12)2-5-13-6-3-10;;/h1,4,7,13H,2-3,5-6H2;2*1H. The van der Waals surface area contributed by atoms with Crippen LogP contribution in [0.25, 0.3) is 0 Å². The lowest BCUT2D eigenvalue weighted by Crippen LogP contribution is -2.37. The Morgan fingerprint density at radius 3 is 2.50 bits per heavy atom. The molecule has 1 aromatic rings. The third-order valence-corrected chi connectivity index (χ3v) is 2.81. The molecule has 0 saturated carbocycles. The first-order chi connectivity index (χ1) is 6.71. The predicted octanol–water partition coefficient (Wildman–Crippen LogP) is 3.13. The van der Waals surface area contributed by atoms with Gasteiger partial charge in [0.25, 0.3) is 0 Å². The van der Waals surface area contributed by atoms with Gasteiger partial charge < -0.3 is 5.32 Å². The largest absolute Gasteiger partial charge is 0.316 e. The molecule has 0 aliphatic carbocycles. The molecule has 0 unspecified atom stereocenters. The first-order valence-corrected chi connectivity index (χ1v) is 5.10. The van der Waals surface area contributed by atoms with Crippen molar-refractivity contribution in [3.05, 3.63) is 29.0 Å². The average molecular weight is 288 g/mol. The molecule has 0 amide bonds. The Morgan fingerprint density at radius 1 is 1.31 bits per heavy atom. The number of piperidine rings is 1. The number of hydrogen-bond donors (Lipinski definition) is 1. The highest BCUT2D eigenvalue weighted by Crippen LogP contribution is 2.34. The lowest BCUT2D eigenvalue weighted by molar-refractivity contribution is 0.110. The zero-order valence-corrected chi connectivity index (χ0v) is 11.0. The minimum absolute atomic E-state index is 0. The number of pyridine rings is 1. The predicted molar refractivity (Wildman–Crippen MR) is 68.6 cm³/mol. The van der Waals surface area contributed by atoms with Crippen LogP contribution in [0.3, 0.4) is 0 Å². The maximum absolute atomic E-state index is 14.3. The Morgan fingerprint density at radius 2 is 1.94 bits per heavy atom. The van der Waals surface area contributed by atoms with Crippen LogP contribution in [0, 0.1) is 0 Å². The van der Waals surface area contributed by atoms with Crippen molar-refractivity contribution in [2.24, 2.45) is 0 Å². The van der Waals surface area contributed by atoms with E-state index < -0.39 is 5.67 Å². The first kappa shape index (κ1) is 15.9. The lowest BCUT2D eigenvalue weighted by Gasteiger charge is -2.29. The van der Waals surface area contributed by atoms with E-state index in [4.69, 9.17) is 11.6 Å². The lowest BCUT2D eigenvalue weighted by atomic mass is 9.90. The molecule has 0 aromatic carbocycles. The van der Waals surface area contributed by atoms with Gasteiger partial charge in [-0.2, -0.15) is 0 Å². The third kappa shape index (κ3) is 3.45. The maximum atomic E-state index is 14.3. The van der Waals surface area contributed by atoms with Crippen molar-refractivity contribution in [1.29, 1.82) is 0 Å². The summed E-state index contributed by atoms with van der Waals surface area (Å²) in [6.07, 6.45) is 2.50. The second-order valence-electron chi connectivity index (χ2n) is 3.57. The molecular formula is C10H14Cl3FN2. The first-order valence-electron chi connectivity index (χ1n) is 4.72. The van der Waals surface area contributed by atoms with Crippen LogP contribution in [0.5, 0.6) is 0 Å². The smallest absolute Gasteiger partial charge is 0.155 e. The summed E-state index contributed by atoms with van der Waals surface area (Å²) in [5.74, 6) is 0. The number of nitrogens with one attached hydrogen (secondary N) is 1. The van der Waals surface area contributed by atoms with Gasteiger partial charge >= 0.3 is 0 Å². The zero-order chi connectivity index (χ0) is 10.0. The van der Waals surface area contributed by atoms with Crippen LogP contribution in [0.4, 0.5) is 4.39 Å². The molecule has 2 heterocycles. The monoisotopic (exact) mass is 286 g/mol. The highest BCUT2D eigenvalue weighted by atomic mass is 35.5. The minimum atomic E-state index is -1.30. The Labute approximate surface area is 112 Å². The quantitative estimate of drug-likeness (QED) is 0.858. The van der Waals surface area contributed by atoms with Crippen LogP contribution in [0.2, 0.25) is 5.02 Å². The SMILES string of the molecule is Cl.Cl.FC1(c2cc(Cl)ccn2)CCNCC1. The topological polar surface area (TPSA) is 24.9 Å². The summed E-state index contributed by atoms with van der Waals surface area (Å²) in [5, 5.41) is 3.67. The van der Waals surface area contributed by atoms with Gasteiger partial charge in [-0.15, -0.1) is 24.8 Å². The molecule has 6 heteroatoms. The fraction of sp³-hybridized carbons (Fsp3) is 0.500. The molecule has 0 atom stereocenters. The zero-order valence-electron chi connectivity index (χ0n) is 8.58. The molecule has 16 heavy (non-hydrogen) atoms. The van der Waals surface area contributed by atoms with E-state index in [1.165, 1.54) is 0 Å². The van der Waals surface area contributed by atoms with Gasteiger partial charge in [-0.05, 0) is 38.1 Å². The van der Waals surface area contributed by atoms with Crippen LogP contribution in [0.15, 0.2) is 18.3 Å². The fourth-order valence-corrected chi connectivity index (χ4v) is 1.89. The Hall–Kier alpha value is -0.0900. The van der Waals surface area contributed by atoms with Gasteiger partial charge in [0.15, 0.2) is 5.67 Å². The van der Waals surface area contributed by atoms with Gasteiger partial charge in [-0.3, -0.25) is 4.98 Å². The van der Waals surface area contributed by atoms with Crippen molar-refractivity contribution >= 4 is 36.4 Å². The van der Waals surface area contributed by atoms with Gasteiger partial charge in [-0.25, -0.2) is 4.39 Å². The molecule has 0 bridgehead atoms. The molecule has 2 rings (SSSR count). The summed E-state index contributed by atoms with van der Waals surface area (Å²) >= 11 is 5.80. The molecule has 0 radical (unpaired) electrons. The van der Waals surface area contributed by atoms with Gasteiger partial charge in [0.1, 0.15) is 0 Å². The second-order valence-corrected chi connectivity index (χ2v) is 4.01. The molecule has 1 fully saturated rings. The third-order valence-electron chi connectivity index (χ3n) is 2.58. The maximum Gasteiger partial charge on any atom is 0.155 e. The van der Waals surface area contributed by atoms with E-state index in [9.17, 15) is 4.39 Å². The summed E-state index contributed by atoms with van der Waals surface area (Å²) in [5.41, 5.74) is -0.831. The van der Waals surface area contributed by atoms with Crippen molar-refractivity contribution in [3.63, 3.8) is 0 Å². The van der Waals surface area contributed by atoms with Gasteiger partial charge in [0.2, 0.25) is 0 Å². The molecule has 2 nitrogen and oxygen atoms in total. The summed E-state index contributed by atoms with van der Waals surface area (Å²) in [7, 11) is 0. The van der Waals surface area contributed by atoms with Crippen LogP contribution in [-0.2, 0) is 5.67 Å². The molecule has 1 saturated heterocycles. The fourth-order valence-electron chi connectivity index (χ4n) is 1.73. The number of rotatable bonds is 1. The van der Waals surface area contributed by atoms with Crippen molar-refractivity contribution in [2.45, 2.75) is 18.5 Å². The van der Waals surface area contributed by atoms with E-state index in [0.29, 0.717) is 36.6 Å². The van der Waals surface area contributed by atoms with Gasteiger partial charge in [0, 0.05) is 11.2 Å². The van der Waals surface area contributed by atoms with E-state index in [1.807, 2.05) is 0 Å². The van der Waals surface area contributed by atoms with Crippen LogP contribution in [-0.4, -0.2) is 18.1 Å². The molecule has 1 aromatic heterocycles. The number of nitrogens with zero attached hydrogens (tertiary/aromatic N) is 1. The van der Waals surface area contributed by atoms with Crippen molar-refractivity contribution in [1.82, 2.24) is 10.3 Å². The molecular weight excluding hydrogens is 273 g/mol. The summed E-state index contributed by atoms with van der Waals surface area (Å²) in [6.45, 7) is 1.40. The summed E-state index contributed by atoms with van der Waals surface area (Å²) < 4.78 is 14.3. The van der Waals surface area contributed by atoms with E-state index in [0.717, 1.165) is 0 Å². The van der Waals surface area contributed by atoms with Gasteiger partial charge in [0.05, 0.1) is 5.69 Å². The minimum Gasteiger partial charge on any atom is -0.316 e. The van der Waals surface area contributed by atoms with E-state index in [2.05, 4.69) is 10.3 Å².